The molecule has 0 fully saturated rings. The van der Waals surface area contributed by atoms with Crippen LogP contribution in [0.4, 0.5) is 5.13 Å². The van der Waals surface area contributed by atoms with Gasteiger partial charge in [-0.15, -0.1) is 10.2 Å². The SMILES string of the molecule is O=C(Nc1nncs1)c1cnon1. The predicted molar refractivity (Wildman–Crippen MR) is 42.2 cm³/mol. The Hall–Kier alpha value is -1.83. The van der Waals surface area contributed by atoms with E-state index >= 15 is 0 Å². The van der Waals surface area contributed by atoms with Gasteiger partial charge in [0.1, 0.15) is 11.7 Å². The lowest BCUT2D eigenvalue weighted by Crippen LogP contribution is -2.11. The molecule has 0 atom stereocenters. The number of anilines is 1. The topological polar surface area (TPSA) is 93.8 Å². The van der Waals surface area contributed by atoms with Crippen LogP contribution in [0.1, 0.15) is 10.5 Å². The normalized spacial score (nSPS) is 9.85. The highest BCUT2D eigenvalue weighted by molar-refractivity contribution is 7.13. The summed E-state index contributed by atoms with van der Waals surface area (Å²) in [4.78, 5) is 11.2. The monoisotopic (exact) mass is 197 g/mol. The molecule has 1 N–H and O–H groups in total. The molecule has 2 rings (SSSR count). The van der Waals surface area contributed by atoms with Crippen molar-refractivity contribution in [2.45, 2.75) is 0 Å². The largest absolute Gasteiger partial charge is 0.295 e. The van der Waals surface area contributed by atoms with Crippen molar-refractivity contribution in [1.29, 1.82) is 0 Å². The number of hydrogen-bond acceptors (Lipinski definition) is 7. The smallest absolute Gasteiger partial charge is 0.281 e. The van der Waals surface area contributed by atoms with Gasteiger partial charge in [-0.1, -0.05) is 16.5 Å². The molecule has 0 unspecified atom stereocenters. The van der Waals surface area contributed by atoms with Crippen molar-refractivity contribution in [2.24, 2.45) is 0 Å². The standard InChI is InChI=1S/C5H3N5O2S/c11-4(3-1-7-12-10-3)8-5-9-6-2-13-5/h1-2H,(H,8,9,11). The second-order valence-corrected chi connectivity index (χ2v) is 2.82. The highest BCUT2D eigenvalue weighted by Gasteiger charge is 2.11. The van der Waals surface area contributed by atoms with Gasteiger partial charge in [-0.25, -0.2) is 4.63 Å². The number of hydrogen-bond donors (Lipinski definition) is 1. The molecule has 0 spiro atoms. The van der Waals surface area contributed by atoms with E-state index in [9.17, 15) is 4.79 Å². The fourth-order valence-corrected chi connectivity index (χ4v) is 1.09. The van der Waals surface area contributed by atoms with Gasteiger partial charge in [0.15, 0.2) is 5.69 Å². The molecule has 0 aliphatic heterocycles. The first-order valence-electron chi connectivity index (χ1n) is 3.21. The van der Waals surface area contributed by atoms with E-state index in [4.69, 9.17) is 0 Å². The Labute approximate surface area is 75.7 Å². The van der Waals surface area contributed by atoms with Crippen LogP contribution in [0, 0.1) is 0 Å². The lowest BCUT2D eigenvalue weighted by molar-refractivity contribution is 0.101. The van der Waals surface area contributed by atoms with Crippen LogP contribution < -0.4 is 5.32 Å². The van der Waals surface area contributed by atoms with Crippen LogP contribution in [0.25, 0.3) is 0 Å². The maximum atomic E-state index is 11.2. The van der Waals surface area contributed by atoms with E-state index in [1.165, 1.54) is 23.0 Å². The van der Waals surface area contributed by atoms with Crippen molar-refractivity contribution in [1.82, 2.24) is 20.5 Å². The van der Waals surface area contributed by atoms with Gasteiger partial charge in [-0.05, 0) is 5.16 Å². The molecule has 8 heteroatoms. The zero-order valence-corrected chi connectivity index (χ0v) is 6.98. The molecular weight excluding hydrogens is 194 g/mol. The third-order valence-electron chi connectivity index (χ3n) is 1.17. The first kappa shape index (κ1) is 7.80. The lowest BCUT2D eigenvalue weighted by Gasteiger charge is -1.93. The highest BCUT2D eigenvalue weighted by atomic mass is 32.1. The number of carbonyl (C=O) groups excluding carboxylic acids is 1. The number of nitrogens with zero attached hydrogens (tertiary/aromatic N) is 4. The van der Waals surface area contributed by atoms with Crippen LogP contribution in [0.5, 0.6) is 0 Å². The summed E-state index contributed by atoms with van der Waals surface area (Å²) in [5.74, 6) is -0.419. The number of nitrogens with one attached hydrogen (secondary N) is 1. The summed E-state index contributed by atoms with van der Waals surface area (Å²) in [6.07, 6.45) is 1.22. The Bertz CT molecular complexity index is 383. The van der Waals surface area contributed by atoms with E-state index in [1.807, 2.05) is 0 Å². The van der Waals surface area contributed by atoms with Crippen LogP contribution in [0.3, 0.4) is 0 Å². The molecule has 0 saturated heterocycles. The summed E-state index contributed by atoms with van der Waals surface area (Å²) in [6, 6.07) is 0. The van der Waals surface area contributed by atoms with Gasteiger partial charge in [0, 0.05) is 0 Å². The molecule has 0 radical (unpaired) electrons. The summed E-state index contributed by atoms with van der Waals surface area (Å²) >= 11 is 1.22. The fourth-order valence-electron chi connectivity index (χ4n) is 0.653. The molecule has 0 bridgehead atoms. The van der Waals surface area contributed by atoms with E-state index in [1.54, 1.807) is 0 Å². The molecule has 13 heavy (non-hydrogen) atoms. The summed E-state index contributed by atoms with van der Waals surface area (Å²) in [5, 5.41) is 16.7. The Morgan fingerprint density at radius 2 is 2.54 bits per heavy atom. The predicted octanol–water partition coefficient (Wildman–Crippen LogP) is 0.173. The minimum absolute atomic E-state index is 0.107. The molecule has 0 aliphatic rings. The summed E-state index contributed by atoms with van der Waals surface area (Å²) in [5.41, 5.74) is 1.62. The van der Waals surface area contributed by atoms with Gasteiger partial charge >= 0.3 is 0 Å². The van der Waals surface area contributed by atoms with Gasteiger partial charge in [0.25, 0.3) is 5.91 Å². The van der Waals surface area contributed by atoms with E-state index in [2.05, 4.69) is 30.5 Å². The fraction of sp³-hybridized carbons (Fsp3) is 0. The van der Waals surface area contributed by atoms with Crippen molar-refractivity contribution in [3.05, 3.63) is 17.4 Å². The Morgan fingerprint density at radius 3 is 3.15 bits per heavy atom. The van der Waals surface area contributed by atoms with Gasteiger partial charge in [0.05, 0.1) is 0 Å². The van der Waals surface area contributed by atoms with E-state index in [-0.39, 0.29) is 5.69 Å². The summed E-state index contributed by atoms with van der Waals surface area (Å²) < 4.78 is 4.26. The quantitative estimate of drug-likeness (QED) is 0.737. The van der Waals surface area contributed by atoms with Gasteiger partial charge < -0.3 is 0 Å². The molecular formula is C5H3N5O2S. The Morgan fingerprint density at radius 1 is 1.62 bits per heavy atom. The molecule has 0 saturated carbocycles. The van der Waals surface area contributed by atoms with Gasteiger partial charge in [-0.2, -0.15) is 0 Å². The van der Waals surface area contributed by atoms with Crippen LogP contribution in [0.15, 0.2) is 16.3 Å². The third kappa shape index (κ3) is 1.67. The molecule has 0 aromatic carbocycles. The first-order valence-corrected chi connectivity index (χ1v) is 4.09. The second-order valence-electron chi connectivity index (χ2n) is 1.99. The number of aromatic nitrogens is 4. The Kier molecular flexibility index (Phi) is 1.96. The van der Waals surface area contributed by atoms with Crippen LogP contribution in [-0.4, -0.2) is 26.4 Å². The van der Waals surface area contributed by atoms with Crippen molar-refractivity contribution in [2.75, 3.05) is 5.32 Å². The minimum Gasteiger partial charge on any atom is -0.295 e. The Balaban J connectivity index is 2.08. The van der Waals surface area contributed by atoms with E-state index in [0.29, 0.717) is 5.13 Å². The van der Waals surface area contributed by atoms with Crippen molar-refractivity contribution >= 4 is 22.4 Å². The highest BCUT2D eigenvalue weighted by Crippen LogP contribution is 2.08. The van der Waals surface area contributed by atoms with Crippen molar-refractivity contribution < 1.29 is 9.42 Å². The van der Waals surface area contributed by atoms with Crippen LogP contribution in [0.2, 0.25) is 0 Å². The van der Waals surface area contributed by atoms with Crippen LogP contribution in [-0.2, 0) is 0 Å². The molecule has 2 heterocycles. The molecule has 2 aromatic heterocycles. The molecule has 1 amide bonds. The zero-order valence-electron chi connectivity index (χ0n) is 6.17. The average molecular weight is 197 g/mol. The van der Waals surface area contributed by atoms with E-state index in [0.717, 1.165) is 0 Å². The third-order valence-corrected chi connectivity index (χ3v) is 1.78. The zero-order chi connectivity index (χ0) is 9.10. The van der Waals surface area contributed by atoms with Crippen molar-refractivity contribution in [3.8, 4) is 0 Å². The number of carbonyl (C=O) groups is 1. The maximum absolute atomic E-state index is 11.2. The molecule has 2 aromatic rings. The number of rotatable bonds is 2. The van der Waals surface area contributed by atoms with Gasteiger partial charge in [0.2, 0.25) is 5.13 Å². The van der Waals surface area contributed by atoms with Crippen molar-refractivity contribution in [3.63, 3.8) is 0 Å². The second kappa shape index (κ2) is 3.27. The molecule has 7 nitrogen and oxygen atoms in total. The first-order chi connectivity index (χ1) is 6.36. The van der Waals surface area contributed by atoms with E-state index < -0.39 is 5.91 Å². The molecule has 66 valence electrons. The lowest BCUT2D eigenvalue weighted by atomic mass is 10.4. The summed E-state index contributed by atoms with van der Waals surface area (Å²) in [6.45, 7) is 0. The summed E-state index contributed by atoms with van der Waals surface area (Å²) in [7, 11) is 0. The maximum Gasteiger partial charge on any atom is 0.281 e. The minimum atomic E-state index is -0.419. The molecule has 0 aliphatic carbocycles. The van der Waals surface area contributed by atoms with Gasteiger partial charge in [-0.3, -0.25) is 10.1 Å². The average Bonchev–Trinajstić information content (AvgIpc) is 2.74. The van der Waals surface area contributed by atoms with Crippen LogP contribution >= 0.6 is 11.3 Å². The number of amides is 1.